The Hall–Kier alpha value is -2.22. The van der Waals surface area contributed by atoms with Crippen molar-refractivity contribution in [2.45, 2.75) is 6.42 Å². The molecule has 1 aliphatic rings. The minimum Gasteiger partial charge on any atom is -0.289 e. The van der Waals surface area contributed by atoms with Crippen LogP contribution in [0.3, 0.4) is 0 Å². The molecule has 0 atom stereocenters. The highest BCUT2D eigenvalue weighted by molar-refractivity contribution is 6.11. The number of nitrogens with zero attached hydrogens (tertiary/aromatic N) is 1. The lowest BCUT2D eigenvalue weighted by Gasteiger charge is -2.15. The first-order valence-corrected chi connectivity index (χ1v) is 5.59. The number of carbonyl (C=O) groups excluding carboxylic acids is 1. The molecule has 0 spiro atoms. The number of fused-ring (bicyclic) bond motifs is 1. The molecular formula is C15H11NO. The van der Waals surface area contributed by atoms with Crippen LogP contribution in [-0.2, 0) is 6.42 Å². The van der Waals surface area contributed by atoms with Crippen LogP contribution in [0.4, 0.5) is 0 Å². The topological polar surface area (TPSA) is 30.0 Å². The Kier molecular flexibility index (Phi) is 2.33. The van der Waals surface area contributed by atoms with Crippen molar-refractivity contribution in [3.8, 4) is 0 Å². The number of aromatic nitrogens is 1. The van der Waals surface area contributed by atoms with Gasteiger partial charge < -0.3 is 0 Å². The Morgan fingerprint density at radius 3 is 2.65 bits per heavy atom. The largest absolute Gasteiger partial charge is 0.289 e. The number of ketones is 1. The van der Waals surface area contributed by atoms with Gasteiger partial charge in [0.25, 0.3) is 0 Å². The van der Waals surface area contributed by atoms with Crippen molar-refractivity contribution in [3.63, 3.8) is 0 Å². The van der Waals surface area contributed by atoms with E-state index in [1.54, 1.807) is 18.3 Å². The normalized spacial score (nSPS) is 14.1. The van der Waals surface area contributed by atoms with E-state index < -0.39 is 0 Å². The number of carbonyl (C=O) groups is 1. The van der Waals surface area contributed by atoms with E-state index in [2.05, 4.69) is 4.98 Å². The van der Waals surface area contributed by atoms with Gasteiger partial charge in [0.1, 0.15) is 0 Å². The third-order valence-electron chi connectivity index (χ3n) is 2.96. The molecule has 0 amide bonds. The predicted octanol–water partition coefficient (Wildman–Crippen LogP) is 2.90. The van der Waals surface area contributed by atoms with E-state index in [-0.39, 0.29) is 5.78 Å². The summed E-state index contributed by atoms with van der Waals surface area (Å²) in [6, 6.07) is 13.6. The van der Waals surface area contributed by atoms with Crippen LogP contribution in [0.5, 0.6) is 0 Å². The van der Waals surface area contributed by atoms with E-state index in [0.29, 0.717) is 0 Å². The molecule has 1 aromatic heterocycles. The lowest BCUT2D eigenvalue weighted by molar-refractivity contribution is 0.104. The third-order valence-corrected chi connectivity index (χ3v) is 2.96. The van der Waals surface area contributed by atoms with E-state index in [4.69, 9.17) is 0 Å². The molecule has 1 heterocycles. The lowest BCUT2D eigenvalue weighted by Crippen LogP contribution is -2.10. The lowest BCUT2D eigenvalue weighted by atomic mass is 9.91. The van der Waals surface area contributed by atoms with Gasteiger partial charge in [0, 0.05) is 18.2 Å². The van der Waals surface area contributed by atoms with E-state index in [9.17, 15) is 4.79 Å². The van der Waals surface area contributed by atoms with Crippen LogP contribution >= 0.6 is 0 Å². The molecule has 0 unspecified atom stereocenters. The molecule has 17 heavy (non-hydrogen) atoms. The zero-order chi connectivity index (χ0) is 11.7. The molecule has 2 aromatic rings. The minimum absolute atomic E-state index is 0.0539. The Bertz CT molecular complexity index is 599. The standard InChI is InChI=1S/C15H11NO/c17-15-10-12(11-5-2-1-3-6-11)9-14-13(15)7-4-8-16-14/h1-8,10H,9H2. The first-order chi connectivity index (χ1) is 8.34. The smallest absolute Gasteiger partial charge is 0.187 e. The van der Waals surface area contributed by atoms with Crippen molar-refractivity contribution in [1.82, 2.24) is 4.98 Å². The molecular weight excluding hydrogens is 210 g/mol. The number of rotatable bonds is 1. The molecule has 2 heteroatoms. The average molecular weight is 221 g/mol. The van der Waals surface area contributed by atoms with Gasteiger partial charge in [-0.05, 0) is 29.3 Å². The number of allylic oxidation sites excluding steroid dienone is 2. The molecule has 0 radical (unpaired) electrons. The zero-order valence-corrected chi connectivity index (χ0v) is 9.26. The summed E-state index contributed by atoms with van der Waals surface area (Å²) in [5, 5.41) is 0. The molecule has 0 saturated carbocycles. The second-order valence-corrected chi connectivity index (χ2v) is 4.07. The summed E-state index contributed by atoms with van der Waals surface area (Å²) >= 11 is 0. The SMILES string of the molecule is O=C1C=C(c2ccccc2)Cc2ncccc21. The van der Waals surface area contributed by atoms with Gasteiger partial charge in [-0.2, -0.15) is 0 Å². The summed E-state index contributed by atoms with van der Waals surface area (Å²) in [6.07, 6.45) is 4.19. The van der Waals surface area contributed by atoms with Crippen molar-refractivity contribution in [2.24, 2.45) is 0 Å². The second kappa shape index (κ2) is 3.98. The van der Waals surface area contributed by atoms with Crippen molar-refractivity contribution >= 4 is 11.4 Å². The van der Waals surface area contributed by atoms with Gasteiger partial charge in [0.05, 0.1) is 5.69 Å². The van der Waals surface area contributed by atoms with E-state index >= 15 is 0 Å². The van der Waals surface area contributed by atoms with Gasteiger partial charge in [0.15, 0.2) is 5.78 Å². The molecule has 0 aliphatic heterocycles. The minimum atomic E-state index is 0.0539. The summed E-state index contributed by atoms with van der Waals surface area (Å²) in [4.78, 5) is 16.2. The summed E-state index contributed by atoms with van der Waals surface area (Å²) in [5.41, 5.74) is 3.74. The van der Waals surface area contributed by atoms with Gasteiger partial charge in [-0.1, -0.05) is 30.3 Å². The second-order valence-electron chi connectivity index (χ2n) is 4.07. The van der Waals surface area contributed by atoms with Gasteiger partial charge in [-0.25, -0.2) is 0 Å². The van der Waals surface area contributed by atoms with Crippen LogP contribution in [0.25, 0.3) is 5.57 Å². The summed E-state index contributed by atoms with van der Waals surface area (Å²) in [5.74, 6) is 0.0539. The van der Waals surface area contributed by atoms with Crippen molar-refractivity contribution in [2.75, 3.05) is 0 Å². The first kappa shape index (κ1) is 9.97. The van der Waals surface area contributed by atoms with Crippen LogP contribution in [0.1, 0.15) is 21.6 Å². The maximum Gasteiger partial charge on any atom is 0.187 e. The molecule has 1 aromatic carbocycles. The van der Waals surface area contributed by atoms with Gasteiger partial charge in [-0.15, -0.1) is 0 Å². The molecule has 82 valence electrons. The van der Waals surface area contributed by atoms with E-state index in [1.165, 1.54) is 0 Å². The Morgan fingerprint density at radius 1 is 1.00 bits per heavy atom. The number of hydrogen-bond donors (Lipinski definition) is 0. The van der Waals surface area contributed by atoms with E-state index in [1.807, 2.05) is 36.4 Å². The number of benzene rings is 1. The Labute approximate surface area is 99.6 Å². The molecule has 1 aliphatic carbocycles. The summed E-state index contributed by atoms with van der Waals surface area (Å²) in [6.45, 7) is 0. The zero-order valence-electron chi connectivity index (χ0n) is 9.26. The van der Waals surface area contributed by atoms with Crippen LogP contribution in [0.15, 0.2) is 54.7 Å². The predicted molar refractivity (Wildman–Crippen MR) is 66.7 cm³/mol. The van der Waals surface area contributed by atoms with Crippen LogP contribution in [-0.4, -0.2) is 10.8 Å². The number of pyridine rings is 1. The Balaban J connectivity index is 2.05. The third kappa shape index (κ3) is 1.78. The maximum atomic E-state index is 12.0. The molecule has 3 rings (SSSR count). The first-order valence-electron chi connectivity index (χ1n) is 5.59. The molecule has 0 saturated heterocycles. The van der Waals surface area contributed by atoms with E-state index in [0.717, 1.165) is 28.8 Å². The highest BCUT2D eigenvalue weighted by atomic mass is 16.1. The fourth-order valence-corrected chi connectivity index (χ4v) is 2.11. The summed E-state index contributed by atoms with van der Waals surface area (Å²) in [7, 11) is 0. The Morgan fingerprint density at radius 2 is 1.82 bits per heavy atom. The summed E-state index contributed by atoms with van der Waals surface area (Å²) < 4.78 is 0. The van der Waals surface area contributed by atoms with Crippen LogP contribution in [0.2, 0.25) is 0 Å². The van der Waals surface area contributed by atoms with Gasteiger partial charge in [0.2, 0.25) is 0 Å². The van der Waals surface area contributed by atoms with Gasteiger partial charge >= 0.3 is 0 Å². The fraction of sp³-hybridized carbons (Fsp3) is 0.0667. The fourth-order valence-electron chi connectivity index (χ4n) is 2.11. The quantitative estimate of drug-likeness (QED) is 0.741. The van der Waals surface area contributed by atoms with Crippen molar-refractivity contribution in [1.29, 1.82) is 0 Å². The van der Waals surface area contributed by atoms with Gasteiger partial charge in [-0.3, -0.25) is 9.78 Å². The van der Waals surface area contributed by atoms with Crippen LogP contribution < -0.4 is 0 Å². The molecule has 0 N–H and O–H groups in total. The number of hydrogen-bond acceptors (Lipinski definition) is 2. The highest BCUT2D eigenvalue weighted by Gasteiger charge is 2.18. The molecule has 2 nitrogen and oxygen atoms in total. The van der Waals surface area contributed by atoms with Crippen molar-refractivity contribution in [3.05, 3.63) is 71.6 Å². The monoisotopic (exact) mass is 221 g/mol. The maximum absolute atomic E-state index is 12.0. The molecule has 0 fully saturated rings. The highest BCUT2D eigenvalue weighted by Crippen LogP contribution is 2.25. The van der Waals surface area contributed by atoms with Crippen molar-refractivity contribution < 1.29 is 4.79 Å². The molecule has 0 bridgehead atoms. The average Bonchev–Trinajstić information content (AvgIpc) is 2.40. The van der Waals surface area contributed by atoms with Crippen LogP contribution in [0, 0.1) is 0 Å².